The van der Waals surface area contributed by atoms with E-state index in [1.807, 2.05) is 73.7 Å². The van der Waals surface area contributed by atoms with E-state index in [4.69, 9.17) is 0 Å². The van der Waals surface area contributed by atoms with Crippen molar-refractivity contribution in [2.75, 3.05) is 5.75 Å². The molecule has 4 nitrogen and oxygen atoms in total. The maximum absolute atomic E-state index is 12.3. The van der Waals surface area contributed by atoms with Crippen LogP contribution in [0.5, 0.6) is 0 Å². The molecule has 0 fully saturated rings. The molecule has 0 radical (unpaired) electrons. The molecule has 27 heavy (non-hydrogen) atoms. The lowest BCUT2D eigenvalue weighted by Crippen LogP contribution is -2.28. The number of amides is 1. The zero-order chi connectivity index (χ0) is 19.1. The second-order valence-corrected chi connectivity index (χ2v) is 6.98. The molecule has 1 atom stereocenters. The van der Waals surface area contributed by atoms with Crippen LogP contribution in [0, 0.1) is 11.3 Å². The molecule has 0 spiro atoms. The zero-order valence-electron chi connectivity index (χ0n) is 14.9. The van der Waals surface area contributed by atoms with Crippen LogP contribution in [-0.2, 0) is 4.79 Å². The van der Waals surface area contributed by atoms with Crippen LogP contribution >= 0.6 is 11.8 Å². The molecule has 3 rings (SSSR count). The van der Waals surface area contributed by atoms with Crippen molar-refractivity contribution < 1.29 is 4.79 Å². The molecule has 0 unspecified atom stereocenters. The van der Waals surface area contributed by atoms with Crippen LogP contribution in [0.4, 0.5) is 0 Å². The highest BCUT2D eigenvalue weighted by atomic mass is 32.2. The van der Waals surface area contributed by atoms with Crippen molar-refractivity contribution in [1.82, 2.24) is 10.3 Å². The SMILES string of the molecule is C[C@H](NC(=O)CSc1nc(-c2ccccc2)ccc1C#N)c1ccccc1. The molecule has 0 bridgehead atoms. The molecular weight excluding hydrogens is 354 g/mol. The smallest absolute Gasteiger partial charge is 0.230 e. The Kier molecular flexibility index (Phi) is 6.24. The van der Waals surface area contributed by atoms with Crippen molar-refractivity contribution in [3.8, 4) is 17.3 Å². The summed E-state index contributed by atoms with van der Waals surface area (Å²) in [5.41, 5.74) is 3.29. The topological polar surface area (TPSA) is 65.8 Å². The summed E-state index contributed by atoms with van der Waals surface area (Å²) >= 11 is 1.28. The van der Waals surface area contributed by atoms with Crippen LogP contribution in [0.1, 0.15) is 24.1 Å². The predicted molar refractivity (Wildman–Crippen MR) is 108 cm³/mol. The Labute approximate surface area is 163 Å². The number of aromatic nitrogens is 1. The van der Waals surface area contributed by atoms with Gasteiger partial charge < -0.3 is 5.32 Å². The monoisotopic (exact) mass is 373 g/mol. The standard InChI is InChI=1S/C22H19N3OS/c1-16(17-8-4-2-5-9-17)24-21(26)15-27-22-19(14-23)12-13-20(25-22)18-10-6-3-7-11-18/h2-13,16H,15H2,1H3,(H,24,26)/t16-/m0/s1. The molecule has 1 N–H and O–H groups in total. The maximum atomic E-state index is 12.3. The minimum absolute atomic E-state index is 0.0710. The van der Waals surface area contributed by atoms with Crippen LogP contribution in [0.25, 0.3) is 11.3 Å². The molecule has 0 aliphatic carbocycles. The Hall–Kier alpha value is -3.10. The summed E-state index contributed by atoms with van der Waals surface area (Å²) in [7, 11) is 0. The molecule has 0 saturated heterocycles. The largest absolute Gasteiger partial charge is 0.349 e. The number of benzene rings is 2. The van der Waals surface area contributed by atoms with E-state index in [0.29, 0.717) is 10.6 Å². The Morgan fingerprint density at radius 2 is 1.74 bits per heavy atom. The minimum atomic E-state index is -0.0906. The van der Waals surface area contributed by atoms with Crippen LogP contribution < -0.4 is 5.32 Å². The number of nitrogens with zero attached hydrogens (tertiary/aromatic N) is 2. The van der Waals surface area contributed by atoms with E-state index in [1.54, 1.807) is 6.07 Å². The number of hydrogen-bond donors (Lipinski definition) is 1. The first-order valence-corrected chi connectivity index (χ1v) is 9.59. The Morgan fingerprint density at radius 3 is 2.41 bits per heavy atom. The van der Waals surface area contributed by atoms with Crippen molar-refractivity contribution in [3.05, 3.63) is 83.9 Å². The predicted octanol–water partition coefficient (Wildman–Crippen LogP) is 4.59. The number of nitriles is 1. The van der Waals surface area contributed by atoms with Crippen molar-refractivity contribution in [2.45, 2.75) is 18.0 Å². The van der Waals surface area contributed by atoms with Crippen molar-refractivity contribution in [2.24, 2.45) is 0 Å². The molecule has 1 heterocycles. The van der Waals surface area contributed by atoms with Crippen LogP contribution in [0.2, 0.25) is 0 Å². The van der Waals surface area contributed by atoms with E-state index < -0.39 is 0 Å². The van der Waals surface area contributed by atoms with Crippen molar-refractivity contribution in [3.63, 3.8) is 0 Å². The average molecular weight is 373 g/mol. The molecule has 2 aromatic carbocycles. The fourth-order valence-corrected chi connectivity index (χ4v) is 3.43. The van der Waals surface area contributed by atoms with Gasteiger partial charge in [-0.2, -0.15) is 5.26 Å². The summed E-state index contributed by atoms with van der Waals surface area (Å²) < 4.78 is 0. The number of thioether (sulfide) groups is 1. The highest BCUT2D eigenvalue weighted by Crippen LogP contribution is 2.25. The van der Waals surface area contributed by atoms with Crippen LogP contribution in [0.3, 0.4) is 0 Å². The highest BCUT2D eigenvalue weighted by molar-refractivity contribution is 8.00. The number of rotatable bonds is 6. The summed E-state index contributed by atoms with van der Waals surface area (Å²) in [5, 5.41) is 12.9. The fourth-order valence-electron chi connectivity index (χ4n) is 2.65. The van der Waals surface area contributed by atoms with E-state index in [-0.39, 0.29) is 17.7 Å². The molecule has 3 aromatic rings. The summed E-state index contributed by atoms with van der Waals surface area (Å²) in [6, 6.07) is 25.2. The van der Waals surface area contributed by atoms with Gasteiger partial charge in [-0.15, -0.1) is 0 Å². The van der Waals surface area contributed by atoms with E-state index in [1.165, 1.54) is 11.8 Å². The minimum Gasteiger partial charge on any atom is -0.349 e. The van der Waals surface area contributed by atoms with Gasteiger partial charge in [0, 0.05) is 5.56 Å². The summed E-state index contributed by atoms with van der Waals surface area (Å²) in [4.78, 5) is 16.9. The van der Waals surface area contributed by atoms with Crippen molar-refractivity contribution in [1.29, 1.82) is 5.26 Å². The fraction of sp³-hybridized carbons (Fsp3) is 0.136. The molecule has 1 amide bonds. The lowest BCUT2D eigenvalue weighted by atomic mass is 10.1. The van der Waals surface area contributed by atoms with Gasteiger partial charge in [0.05, 0.1) is 23.1 Å². The normalized spacial score (nSPS) is 11.4. The van der Waals surface area contributed by atoms with Gasteiger partial charge in [0.1, 0.15) is 11.1 Å². The number of hydrogen-bond acceptors (Lipinski definition) is 4. The van der Waals surface area contributed by atoms with E-state index >= 15 is 0 Å². The van der Waals surface area contributed by atoms with Gasteiger partial charge in [0.25, 0.3) is 0 Å². The second kappa shape index (κ2) is 9.02. The van der Waals surface area contributed by atoms with Crippen LogP contribution in [-0.4, -0.2) is 16.6 Å². The maximum Gasteiger partial charge on any atom is 0.230 e. The molecule has 0 aliphatic rings. The first-order chi connectivity index (χ1) is 13.2. The number of carbonyl (C=O) groups is 1. The zero-order valence-corrected chi connectivity index (χ0v) is 15.7. The first-order valence-electron chi connectivity index (χ1n) is 8.61. The first kappa shape index (κ1) is 18.7. The average Bonchev–Trinajstić information content (AvgIpc) is 2.73. The van der Waals surface area contributed by atoms with Gasteiger partial charge in [-0.1, -0.05) is 72.4 Å². The van der Waals surface area contributed by atoms with E-state index in [9.17, 15) is 10.1 Å². The van der Waals surface area contributed by atoms with E-state index in [0.717, 1.165) is 16.8 Å². The van der Waals surface area contributed by atoms with Gasteiger partial charge in [-0.25, -0.2) is 4.98 Å². The Balaban J connectivity index is 1.68. The van der Waals surface area contributed by atoms with Gasteiger partial charge in [0.2, 0.25) is 5.91 Å². The number of pyridine rings is 1. The van der Waals surface area contributed by atoms with Gasteiger partial charge in [-0.3, -0.25) is 4.79 Å². The second-order valence-electron chi connectivity index (χ2n) is 6.02. The Bertz CT molecular complexity index is 952. The third kappa shape index (κ3) is 4.96. The molecular formula is C22H19N3OS. The molecule has 1 aromatic heterocycles. The molecule has 0 aliphatic heterocycles. The van der Waals surface area contributed by atoms with Crippen LogP contribution in [0.15, 0.2) is 77.8 Å². The molecule has 5 heteroatoms. The van der Waals surface area contributed by atoms with Gasteiger partial charge in [-0.05, 0) is 24.6 Å². The Morgan fingerprint density at radius 1 is 1.07 bits per heavy atom. The highest BCUT2D eigenvalue weighted by Gasteiger charge is 2.13. The summed E-state index contributed by atoms with van der Waals surface area (Å²) in [5.74, 6) is 0.115. The number of nitrogens with one attached hydrogen (secondary N) is 1. The van der Waals surface area contributed by atoms with Crippen molar-refractivity contribution >= 4 is 17.7 Å². The van der Waals surface area contributed by atoms with Gasteiger partial charge in [0.15, 0.2) is 0 Å². The lowest BCUT2D eigenvalue weighted by molar-refractivity contribution is -0.119. The molecule has 134 valence electrons. The third-order valence-corrected chi connectivity index (χ3v) is 5.06. The lowest BCUT2D eigenvalue weighted by Gasteiger charge is -2.14. The van der Waals surface area contributed by atoms with E-state index in [2.05, 4.69) is 16.4 Å². The summed E-state index contributed by atoms with van der Waals surface area (Å²) in [6.45, 7) is 1.95. The number of carbonyl (C=O) groups excluding carboxylic acids is 1. The van der Waals surface area contributed by atoms with Gasteiger partial charge >= 0.3 is 0 Å². The molecule has 0 saturated carbocycles. The summed E-state index contributed by atoms with van der Waals surface area (Å²) in [6.07, 6.45) is 0. The quantitative estimate of drug-likeness (QED) is 0.642. The third-order valence-electron chi connectivity index (χ3n) is 4.07.